The van der Waals surface area contributed by atoms with E-state index in [9.17, 15) is 0 Å². The van der Waals surface area contributed by atoms with Gasteiger partial charge in [0.2, 0.25) is 0 Å². The van der Waals surface area contributed by atoms with Gasteiger partial charge in [0, 0.05) is 11.8 Å². The van der Waals surface area contributed by atoms with Gasteiger partial charge in [0.05, 0.1) is 0 Å². The van der Waals surface area contributed by atoms with E-state index in [1.165, 1.54) is 68.5 Å². The van der Waals surface area contributed by atoms with Crippen molar-refractivity contribution in [2.75, 3.05) is 0 Å². The zero-order valence-electron chi connectivity index (χ0n) is 22.7. The van der Waals surface area contributed by atoms with Crippen LogP contribution in [-0.4, -0.2) is 0 Å². The highest BCUT2D eigenvalue weighted by molar-refractivity contribution is 5.81. The summed E-state index contributed by atoms with van der Waals surface area (Å²) in [6, 6.07) is 32.7. The van der Waals surface area contributed by atoms with Crippen LogP contribution in [0.25, 0.3) is 22.3 Å². The lowest BCUT2D eigenvalue weighted by molar-refractivity contribution is 0.588. The standard InChI is InChI=1S/C36H38/c1-35(2,3)23-15-17-31-29(25-11-7-9-13-27(25)33(31)21-23)19-20-30-26-12-8-10-14-28(26)34-22-24(36(4,5)6)16-18-32(30)34/h7-18,21-22,29-30H,19-20H2,1-6H3. The molecule has 0 spiro atoms. The smallest absolute Gasteiger partial charge is 0.0102 e. The fourth-order valence-electron chi connectivity index (χ4n) is 6.50. The van der Waals surface area contributed by atoms with Gasteiger partial charge in [-0.3, -0.25) is 0 Å². The predicted octanol–water partition coefficient (Wildman–Crippen LogP) is 9.99. The van der Waals surface area contributed by atoms with Gasteiger partial charge in [-0.15, -0.1) is 0 Å². The van der Waals surface area contributed by atoms with Crippen molar-refractivity contribution in [3.8, 4) is 22.3 Å². The Hall–Kier alpha value is -3.12. The Balaban J connectivity index is 1.37. The highest BCUT2D eigenvalue weighted by Gasteiger charge is 2.33. The predicted molar refractivity (Wildman–Crippen MR) is 154 cm³/mol. The van der Waals surface area contributed by atoms with Crippen LogP contribution in [0.4, 0.5) is 0 Å². The third-order valence-corrected chi connectivity index (χ3v) is 8.59. The van der Waals surface area contributed by atoms with Crippen LogP contribution in [0, 0.1) is 0 Å². The van der Waals surface area contributed by atoms with E-state index in [1.807, 2.05) is 0 Å². The first-order chi connectivity index (χ1) is 17.1. The second-order valence-electron chi connectivity index (χ2n) is 13.0. The summed E-state index contributed by atoms with van der Waals surface area (Å²) >= 11 is 0. The van der Waals surface area contributed by atoms with Crippen LogP contribution in [0.1, 0.15) is 99.6 Å². The van der Waals surface area contributed by atoms with E-state index in [-0.39, 0.29) is 10.8 Å². The van der Waals surface area contributed by atoms with Crippen molar-refractivity contribution in [1.29, 1.82) is 0 Å². The number of hydrogen-bond donors (Lipinski definition) is 0. The minimum atomic E-state index is 0.158. The van der Waals surface area contributed by atoms with Crippen LogP contribution in [0.5, 0.6) is 0 Å². The van der Waals surface area contributed by atoms with Gasteiger partial charge in [-0.05, 0) is 79.3 Å². The lowest BCUT2D eigenvalue weighted by Crippen LogP contribution is -2.11. The van der Waals surface area contributed by atoms with Gasteiger partial charge in [-0.2, -0.15) is 0 Å². The van der Waals surface area contributed by atoms with Crippen molar-refractivity contribution in [2.24, 2.45) is 0 Å². The van der Waals surface area contributed by atoms with E-state index in [4.69, 9.17) is 0 Å². The molecule has 182 valence electrons. The highest BCUT2D eigenvalue weighted by Crippen LogP contribution is 2.52. The highest BCUT2D eigenvalue weighted by atomic mass is 14.4. The van der Waals surface area contributed by atoms with E-state index in [0.717, 1.165) is 0 Å². The van der Waals surface area contributed by atoms with Crippen molar-refractivity contribution in [3.63, 3.8) is 0 Å². The molecule has 0 saturated carbocycles. The van der Waals surface area contributed by atoms with Gasteiger partial charge < -0.3 is 0 Å². The normalized spacial score (nSPS) is 17.9. The molecule has 0 aromatic heterocycles. The number of rotatable bonds is 3. The maximum atomic E-state index is 2.46. The van der Waals surface area contributed by atoms with Gasteiger partial charge in [-0.1, -0.05) is 126 Å². The second kappa shape index (κ2) is 8.20. The van der Waals surface area contributed by atoms with Crippen LogP contribution in [0.15, 0.2) is 84.9 Å². The van der Waals surface area contributed by atoms with E-state index in [0.29, 0.717) is 11.8 Å². The van der Waals surface area contributed by atoms with Crippen molar-refractivity contribution in [2.45, 2.75) is 77.0 Å². The summed E-state index contributed by atoms with van der Waals surface area (Å²) in [5.41, 5.74) is 15.0. The molecule has 2 unspecified atom stereocenters. The molecule has 0 N–H and O–H groups in total. The molecule has 0 heteroatoms. The minimum Gasteiger partial charge on any atom is -0.0619 e. The third-order valence-electron chi connectivity index (χ3n) is 8.59. The van der Waals surface area contributed by atoms with Gasteiger partial charge in [0.25, 0.3) is 0 Å². The molecule has 2 aliphatic rings. The topological polar surface area (TPSA) is 0 Å². The third kappa shape index (κ3) is 3.74. The Morgan fingerprint density at radius 1 is 0.444 bits per heavy atom. The van der Waals surface area contributed by atoms with Crippen molar-refractivity contribution < 1.29 is 0 Å². The summed E-state index contributed by atoms with van der Waals surface area (Å²) in [5, 5.41) is 0. The first-order valence-electron chi connectivity index (χ1n) is 13.6. The SMILES string of the molecule is CC(C)(C)c1ccc2c(c1)-c1ccccc1C2CCC1c2ccccc2-c2cc(C(C)(C)C)ccc21. The molecule has 0 saturated heterocycles. The van der Waals surface area contributed by atoms with Crippen LogP contribution in [0.2, 0.25) is 0 Å². The molecule has 36 heavy (non-hydrogen) atoms. The average Bonchev–Trinajstić information content (AvgIpc) is 3.33. The Bertz CT molecular complexity index is 1340. The van der Waals surface area contributed by atoms with Crippen molar-refractivity contribution in [3.05, 3.63) is 118 Å². The summed E-state index contributed by atoms with van der Waals surface area (Å²) < 4.78 is 0. The molecule has 2 atom stereocenters. The van der Waals surface area contributed by atoms with E-state index < -0.39 is 0 Å². The minimum absolute atomic E-state index is 0.158. The van der Waals surface area contributed by atoms with Crippen LogP contribution < -0.4 is 0 Å². The quantitative estimate of drug-likeness (QED) is 0.279. The van der Waals surface area contributed by atoms with Gasteiger partial charge in [-0.25, -0.2) is 0 Å². The number of fused-ring (bicyclic) bond motifs is 6. The average molecular weight is 471 g/mol. The monoisotopic (exact) mass is 470 g/mol. The van der Waals surface area contributed by atoms with Gasteiger partial charge in [0.1, 0.15) is 0 Å². The van der Waals surface area contributed by atoms with E-state index in [1.54, 1.807) is 0 Å². The molecular weight excluding hydrogens is 432 g/mol. The first-order valence-corrected chi connectivity index (χ1v) is 13.6. The van der Waals surface area contributed by atoms with Crippen LogP contribution in [-0.2, 0) is 10.8 Å². The molecule has 0 nitrogen and oxygen atoms in total. The fraction of sp³-hybridized carbons (Fsp3) is 0.333. The molecule has 2 aliphatic carbocycles. The summed E-state index contributed by atoms with van der Waals surface area (Å²) in [6.45, 7) is 13.9. The maximum Gasteiger partial charge on any atom is 0.0102 e. The summed E-state index contributed by atoms with van der Waals surface area (Å²) in [4.78, 5) is 0. The van der Waals surface area contributed by atoms with Crippen molar-refractivity contribution >= 4 is 0 Å². The van der Waals surface area contributed by atoms with Crippen molar-refractivity contribution in [1.82, 2.24) is 0 Å². The molecule has 0 bridgehead atoms. The Labute approximate surface area is 217 Å². The molecule has 0 fully saturated rings. The van der Waals surface area contributed by atoms with E-state index >= 15 is 0 Å². The zero-order chi connectivity index (χ0) is 25.2. The summed E-state index contributed by atoms with van der Waals surface area (Å²) in [6.07, 6.45) is 2.33. The fourth-order valence-corrected chi connectivity index (χ4v) is 6.50. The van der Waals surface area contributed by atoms with Gasteiger partial charge >= 0.3 is 0 Å². The molecule has 4 aromatic carbocycles. The molecular formula is C36H38. The van der Waals surface area contributed by atoms with E-state index in [2.05, 4.69) is 126 Å². The number of hydrogen-bond acceptors (Lipinski definition) is 0. The molecule has 0 radical (unpaired) electrons. The maximum absolute atomic E-state index is 2.46. The first kappa shape index (κ1) is 23.3. The Morgan fingerprint density at radius 2 is 0.806 bits per heavy atom. The van der Waals surface area contributed by atoms with Crippen LogP contribution >= 0.6 is 0 Å². The molecule has 0 amide bonds. The summed E-state index contributed by atoms with van der Waals surface area (Å²) in [5.74, 6) is 0.936. The molecule has 0 aliphatic heterocycles. The van der Waals surface area contributed by atoms with Gasteiger partial charge in [0.15, 0.2) is 0 Å². The Morgan fingerprint density at radius 3 is 1.19 bits per heavy atom. The molecule has 0 heterocycles. The lowest BCUT2D eigenvalue weighted by Gasteiger charge is -2.22. The lowest BCUT2D eigenvalue weighted by atomic mass is 9.82. The number of benzene rings is 4. The van der Waals surface area contributed by atoms with Crippen LogP contribution in [0.3, 0.4) is 0 Å². The largest absolute Gasteiger partial charge is 0.0619 e. The molecule has 4 aromatic rings. The molecule has 6 rings (SSSR count). The second-order valence-corrected chi connectivity index (χ2v) is 13.0. The zero-order valence-corrected chi connectivity index (χ0v) is 22.7. The Kier molecular flexibility index (Phi) is 5.31. The summed E-state index contributed by atoms with van der Waals surface area (Å²) in [7, 11) is 0.